The Labute approximate surface area is 87.5 Å². The molecule has 80 valence electrons. The minimum Gasteiger partial charge on any atom is -0.469 e. The number of anilines is 1. The molecule has 0 fully saturated rings. The van der Waals surface area contributed by atoms with Gasteiger partial charge in [-0.15, -0.1) is 0 Å². The number of methoxy groups -OCH3 is 1. The number of carbonyl (C=O) groups excluding carboxylic acids is 2. The first kappa shape index (κ1) is 11.2. The highest BCUT2D eigenvalue weighted by Crippen LogP contribution is 2.05. The van der Waals surface area contributed by atoms with Gasteiger partial charge < -0.3 is 10.1 Å². The first-order chi connectivity index (χ1) is 7.11. The van der Waals surface area contributed by atoms with Crippen molar-refractivity contribution in [1.29, 1.82) is 0 Å². The summed E-state index contributed by atoms with van der Waals surface area (Å²) in [5.74, 6) is -0.566. The molecule has 0 radical (unpaired) electrons. The lowest BCUT2D eigenvalue weighted by Crippen LogP contribution is -2.17. The van der Waals surface area contributed by atoms with Crippen molar-refractivity contribution in [2.24, 2.45) is 0 Å². The van der Waals surface area contributed by atoms with Gasteiger partial charge in [0.2, 0.25) is 5.91 Å². The first-order valence-electron chi connectivity index (χ1n) is 4.41. The van der Waals surface area contributed by atoms with E-state index in [-0.39, 0.29) is 6.42 Å². The van der Waals surface area contributed by atoms with Crippen LogP contribution in [0.2, 0.25) is 0 Å². The molecule has 0 spiro atoms. The van der Waals surface area contributed by atoms with Crippen LogP contribution in [0.5, 0.6) is 0 Å². The van der Waals surface area contributed by atoms with Crippen LogP contribution < -0.4 is 5.32 Å². The molecule has 0 saturated carbocycles. The molecule has 1 N–H and O–H groups in total. The molecule has 0 saturated heterocycles. The Morgan fingerprint density at radius 1 is 1.53 bits per heavy atom. The van der Waals surface area contributed by atoms with Gasteiger partial charge in [0.1, 0.15) is 12.2 Å². The molecule has 1 aromatic heterocycles. The van der Waals surface area contributed by atoms with Crippen molar-refractivity contribution >= 4 is 17.7 Å². The van der Waals surface area contributed by atoms with Gasteiger partial charge in [0, 0.05) is 6.20 Å². The molecule has 5 nitrogen and oxygen atoms in total. The smallest absolute Gasteiger partial charge is 0.315 e. The second-order valence-corrected chi connectivity index (χ2v) is 3.02. The third kappa shape index (κ3) is 3.76. The Morgan fingerprint density at radius 2 is 2.27 bits per heavy atom. The molecule has 1 rings (SSSR count). The minimum absolute atomic E-state index is 0.299. The first-order valence-corrected chi connectivity index (χ1v) is 4.41. The van der Waals surface area contributed by atoms with E-state index in [1.807, 2.05) is 13.0 Å². The standard InChI is InChI=1S/C10H12N2O3/c1-7-3-4-11-8(5-7)12-9(13)6-10(14)15-2/h3-5H,6H2,1-2H3,(H,11,12,13). The molecule has 1 amide bonds. The molecule has 0 bridgehead atoms. The Balaban J connectivity index is 2.55. The van der Waals surface area contributed by atoms with Gasteiger partial charge in [-0.1, -0.05) is 0 Å². The van der Waals surface area contributed by atoms with Gasteiger partial charge in [0.05, 0.1) is 7.11 Å². The van der Waals surface area contributed by atoms with E-state index in [0.717, 1.165) is 5.56 Å². The van der Waals surface area contributed by atoms with Crippen molar-refractivity contribution in [3.05, 3.63) is 23.9 Å². The maximum atomic E-state index is 11.2. The summed E-state index contributed by atoms with van der Waals surface area (Å²) in [7, 11) is 1.24. The third-order valence-corrected chi connectivity index (χ3v) is 1.72. The second kappa shape index (κ2) is 5.09. The Morgan fingerprint density at radius 3 is 2.87 bits per heavy atom. The molecule has 1 aromatic rings. The van der Waals surface area contributed by atoms with Gasteiger partial charge in [-0.25, -0.2) is 4.98 Å². The number of carbonyl (C=O) groups is 2. The fourth-order valence-electron chi connectivity index (χ4n) is 0.995. The Hall–Kier alpha value is -1.91. The summed E-state index contributed by atoms with van der Waals surface area (Å²) in [6.07, 6.45) is 1.29. The summed E-state index contributed by atoms with van der Waals surface area (Å²) in [4.78, 5) is 25.9. The zero-order valence-corrected chi connectivity index (χ0v) is 8.61. The second-order valence-electron chi connectivity index (χ2n) is 3.02. The topological polar surface area (TPSA) is 68.3 Å². The van der Waals surface area contributed by atoms with E-state index < -0.39 is 11.9 Å². The molecule has 5 heteroatoms. The SMILES string of the molecule is COC(=O)CC(=O)Nc1cc(C)ccn1. The average molecular weight is 208 g/mol. The number of rotatable bonds is 3. The lowest BCUT2D eigenvalue weighted by molar-refractivity contribution is -0.142. The van der Waals surface area contributed by atoms with E-state index in [0.29, 0.717) is 5.82 Å². The number of nitrogens with one attached hydrogen (secondary N) is 1. The van der Waals surface area contributed by atoms with Crippen LogP contribution in [-0.4, -0.2) is 24.0 Å². The van der Waals surface area contributed by atoms with Crippen molar-refractivity contribution in [2.45, 2.75) is 13.3 Å². The lowest BCUT2D eigenvalue weighted by atomic mass is 10.3. The monoisotopic (exact) mass is 208 g/mol. The number of aryl methyl sites for hydroxylation is 1. The van der Waals surface area contributed by atoms with Gasteiger partial charge in [0.15, 0.2) is 0 Å². The summed E-state index contributed by atoms with van der Waals surface area (Å²) in [5, 5.41) is 2.50. The van der Waals surface area contributed by atoms with Crippen LogP contribution in [0.4, 0.5) is 5.82 Å². The van der Waals surface area contributed by atoms with Gasteiger partial charge in [0.25, 0.3) is 0 Å². The molecule has 0 aromatic carbocycles. The molecule has 0 atom stereocenters. The van der Waals surface area contributed by atoms with Crippen molar-refractivity contribution < 1.29 is 14.3 Å². The van der Waals surface area contributed by atoms with Gasteiger partial charge in [-0.05, 0) is 24.6 Å². The largest absolute Gasteiger partial charge is 0.469 e. The van der Waals surface area contributed by atoms with Crippen LogP contribution in [0.3, 0.4) is 0 Å². The molecule has 15 heavy (non-hydrogen) atoms. The Bertz CT molecular complexity index is 377. The fourth-order valence-corrected chi connectivity index (χ4v) is 0.995. The van der Waals surface area contributed by atoms with Gasteiger partial charge in [-0.2, -0.15) is 0 Å². The van der Waals surface area contributed by atoms with Crippen molar-refractivity contribution in [2.75, 3.05) is 12.4 Å². The predicted octanol–water partition coefficient (Wildman–Crippen LogP) is 0.892. The summed E-state index contributed by atoms with van der Waals surface area (Å²) in [6, 6.07) is 3.53. The Kier molecular flexibility index (Phi) is 3.79. The van der Waals surface area contributed by atoms with E-state index in [2.05, 4.69) is 15.0 Å². The number of amides is 1. The molecule has 0 aliphatic carbocycles. The van der Waals surface area contributed by atoms with Crippen LogP contribution in [0.1, 0.15) is 12.0 Å². The average Bonchev–Trinajstić information content (AvgIpc) is 2.17. The molecule has 0 aliphatic heterocycles. The number of hydrogen-bond acceptors (Lipinski definition) is 4. The summed E-state index contributed by atoms with van der Waals surface area (Å²) in [6.45, 7) is 1.89. The minimum atomic E-state index is -0.569. The van der Waals surface area contributed by atoms with Crippen molar-refractivity contribution in [3.63, 3.8) is 0 Å². The van der Waals surface area contributed by atoms with E-state index in [9.17, 15) is 9.59 Å². The summed E-state index contributed by atoms with van der Waals surface area (Å²) < 4.78 is 4.36. The highest BCUT2D eigenvalue weighted by molar-refractivity contribution is 6.01. The number of nitrogens with zero attached hydrogens (tertiary/aromatic N) is 1. The third-order valence-electron chi connectivity index (χ3n) is 1.72. The maximum Gasteiger partial charge on any atom is 0.315 e. The lowest BCUT2D eigenvalue weighted by Gasteiger charge is -2.03. The summed E-state index contributed by atoms with van der Waals surface area (Å²) >= 11 is 0. The van der Waals surface area contributed by atoms with Gasteiger partial charge >= 0.3 is 5.97 Å². The number of aromatic nitrogens is 1. The number of hydrogen-bond donors (Lipinski definition) is 1. The van der Waals surface area contributed by atoms with Crippen molar-refractivity contribution in [1.82, 2.24) is 4.98 Å². The number of ether oxygens (including phenoxy) is 1. The summed E-state index contributed by atoms with van der Waals surface area (Å²) in [5.41, 5.74) is 0.985. The van der Waals surface area contributed by atoms with Crippen LogP contribution in [0, 0.1) is 6.92 Å². The van der Waals surface area contributed by atoms with Crippen LogP contribution >= 0.6 is 0 Å². The van der Waals surface area contributed by atoms with Crippen molar-refractivity contribution in [3.8, 4) is 0 Å². The molecule has 0 unspecified atom stereocenters. The molecule has 1 heterocycles. The fraction of sp³-hybridized carbons (Fsp3) is 0.300. The highest BCUT2D eigenvalue weighted by atomic mass is 16.5. The highest BCUT2D eigenvalue weighted by Gasteiger charge is 2.09. The quantitative estimate of drug-likeness (QED) is 0.591. The van der Waals surface area contributed by atoms with Crippen LogP contribution in [0.15, 0.2) is 18.3 Å². The van der Waals surface area contributed by atoms with Gasteiger partial charge in [-0.3, -0.25) is 9.59 Å². The van der Waals surface area contributed by atoms with E-state index >= 15 is 0 Å². The molecular weight excluding hydrogens is 196 g/mol. The van der Waals surface area contributed by atoms with Crippen LogP contribution in [0.25, 0.3) is 0 Å². The van der Waals surface area contributed by atoms with E-state index in [1.54, 1.807) is 12.3 Å². The number of pyridine rings is 1. The number of esters is 1. The zero-order valence-electron chi connectivity index (χ0n) is 8.61. The maximum absolute atomic E-state index is 11.2. The van der Waals surface area contributed by atoms with Crippen LogP contribution in [-0.2, 0) is 14.3 Å². The molecule has 0 aliphatic rings. The van der Waals surface area contributed by atoms with E-state index in [1.165, 1.54) is 7.11 Å². The zero-order chi connectivity index (χ0) is 11.3. The molecular formula is C10H12N2O3. The normalized spacial score (nSPS) is 9.47. The van der Waals surface area contributed by atoms with E-state index in [4.69, 9.17) is 0 Å². The predicted molar refractivity (Wildman–Crippen MR) is 54.2 cm³/mol.